The number of hydrogen-bond acceptors (Lipinski definition) is 3. The minimum absolute atomic E-state index is 0.118. The second-order valence-electron chi connectivity index (χ2n) is 5.77. The van der Waals surface area contributed by atoms with E-state index >= 15 is 0 Å². The van der Waals surface area contributed by atoms with Crippen LogP contribution in [0.4, 0.5) is 4.79 Å². The lowest BCUT2D eigenvalue weighted by atomic mass is 10.2. The van der Waals surface area contributed by atoms with Crippen LogP contribution in [0.1, 0.15) is 33.3 Å². The molecule has 20 heavy (non-hydrogen) atoms. The quantitative estimate of drug-likeness (QED) is 0.926. The van der Waals surface area contributed by atoms with Crippen LogP contribution >= 0.6 is 11.6 Å². The van der Waals surface area contributed by atoms with Crippen molar-refractivity contribution in [3.63, 3.8) is 0 Å². The Morgan fingerprint density at radius 1 is 1.35 bits per heavy atom. The Hall–Kier alpha value is -1.26. The van der Waals surface area contributed by atoms with Gasteiger partial charge in [-0.15, -0.1) is 0 Å². The fraction of sp³-hybridized carbons (Fsp3) is 0.533. The Morgan fingerprint density at radius 3 is 2.35 bits per heavy atom. The normalized spacial score (nSPS) is 12.9. The number of carbonyl (C=O) groups is 1. The maximum atomic E-state index is 12.2. The van der Waals surface area contributed by atoms with Crippen molar-refractivity contribution in [2.75, 3.05) is 6.61 Å². The van der Waals surface area contributed by atoms with Gasteiger partial charge >= 0.3 is 6.09 Å². The molecule has 0 aromatic heterocycles. The molecule has 0 saturated carbocycles. The number of amides is 1. The van der Waals surface area contributed by atoms with Crippen LogP contribution in [0.15, 0.2) is 24.3 Å². The number of aliphatic hydroxyl groups excluding tert-OH is 1. The minimum atomic E-state index is -0.565. The standard InChI is InChI=1S/C15H22ClNO3/c1-11(10-18)17(14(19)20-15(2,3)4)9-12-5-7-13(16)8-6-12/h5-8,11,18H,9-10H2,1-4H3/t11-/m0/s1. The van der Waals surface area contributed by atoms with Crippen LogP contribution in [0.5, 0.6) is 0 Å². The van der Waals surface area contributed by atoms with Crippen molar-refractivity contribution in [2.45, 2.75) is 45.9 Å². The Balaban J connectivity index is 2.84. The lowest BCUT2D eigenvalue weighted by molar-refractivity contribution is 0.00938. The number of halogens is 1. The zero-order chi connectivity index (χ0) is 15.3. The molecule has 0 saturated heterocycles. The molecule has 0 heterocycles. The molecular formula is C15H22ClNO3. The van der Waals surface area contributed by atoms with E-state index in [2.05, 4.69) is 0 Å². The summed E-state index contributed by atoms with van der Waals surface area (Å²) in [5, 5.41) is 9.95. The van der Waals surface area contributed by atoms with Gasteiger partial charge in [-0.25, -0.2) is 4.79 Å². The Kier molecular flexibility index (Phi) is 5.84. The van der Waals surface area contributed by atoms with Crippen LogP contribution in [-0.2, 0) is 11.3 Å². The topological polar surface area (TPSA) is 49.8 Å². The molecule has 0 spiro atoms. The highest BCUT2D eigenvalue weighted by Gasteiger charge is 2.25. The van der Waals surface area contributed by atoms with Gasteiger partial charge in [0.05, 0.1) is 12.6 Å². The van der Waals surface area contributed by atoms with Gasteiger partial charge in [0, 0.05) is 11.6 Å². The number of benzene rings is 1. The van der Waals surface area contributed by atoms with Crippen molar-refractivity contribution in [3.8, 4) is 0 Å². The predicted octanol–water partition coefficient (Wildman–Crippen LogP) is 3.46. The first-order valence-corrected chi connectivity index (χ1v) is 6.95. The van der Waals surface area contributed by atoms with Crippen molar-refractivity contribution < 1.29 is 14.6 Å². The monoisotopic (exact) mass is 299 g/mol. The Bertz CT molecular complexity index is 439. The molecule has 1 amide bonds. The van der Waals surface area contributed by atoms with Gasteiger partial charge in [0.15, 0.2) is 0 Å². The fourth-order valence-electron chi connectivity index (χ4n) is 1.61. The van der Waals surface area contributed by atoms with Gasteiger partial charge < -0.3 is 9.84 Å². The number of rotatable bonds is 4. The Labute approximate surface area is 125 Å². The van der Waals surface area contributed by atoms with Crippen molar-refractivity contribution in [3.05, 3.63) is 34.9 Å². The van der Waals surface area contributed by atoms with Gasteiger partial charge in [-0.1, -0.05) is 23.7 Å². The average Bonchev–Trinajstić information content (AvgIpc) is 2.35. The third-order valence-corrected chi connectivity index (χ3v) is 2.94. The molecule has 0 bridgehead atoms. The molecule has 1 aromatic rings. The van der Waals surface area contributed by atoms with Crippen LogP contribution < -0.4 is 0 Å². The molecule has 4 nitrogen and oxygen atoms in total. The Morgan fingerprint density at radius 2 is 1.90 bits per heavy atom. The SMILES string of the molecule is C[C@@H](CO)N(Cc1ccc(Cl)cc1)C(=O)OC(C)(C)C. The maximum absolute atomic E-state index is 12.2. The highest BCUT2D eigenvalue weighted by atomic mass is 35.5. The van der Waals surface area contributed by atoms with Crippen molar-refractivity contribution in [1.82, 2.24) is 4.90 Å². The summed E-state index contributed by atoms with van der Waals surface area (Å²) in [6.45, 7) is 7.47. The summed E-state index contributed by atoms with van der Waals surface area (Å²) >= 11 is 5.84. The second kappa shape index (κ2) is 6.95. The smallest absolute Gasteiger partial charge is 0.410 e. The third kappa shape index (κ3) is 5.39. The molecule has 1 N–H and O–H groups in total. The van der Waals surface area contributed by atoms with E-state index in [1.807, 2.05) is 32.9 Å². The first-order valence-electron chi connectivity index (χ1n) is 6.58. The average molecular weight is 300 g/mol. The molecule has 0 radical (unpaired) electrons. The van der Waals surface area contributed by atoms with E-state index in [4.69, 9.17) is 16.3 Å². The van der Waals surface area contributed by atoms with Gasteiger partial charge in [0.1, 0.15) is 5.60 Å². The van der Waals surface area contributed by atoms with Crippen LogP contribution in [0.25, 0.3) is 0 Å². The number of hydrogen-bond donors (Lipinski definition) is 1. The number of carbonyl (C=O) groups excluding carboxylic acids is 1. The van der Waals surface area contributed by atoms with Crippen LogP contribution in [0, 0.1) is 0 Å². The lowest BCUT2D eigenvalue weighted by Gasteiger charge is -2.31. The highest BCUT2D eigenvalue weighted by Crippen LogP contribution is 2.16. The summed E-state index contributed by atoms with van der Waals surface area (Å²) in [6, 6.07) is 6.93. The molecule has 1 aromatic carbocycles. The summed E-state index contributed by atoms with van der Waals surface area (Å²) in [7, 11) is 0. The molecule has 0 fully saturated rings. The number of aliphatic hydroxyl groups is 1. The maximum Gasteiger partial charge on any atom is 0.410 e. The van der Waals surface area contributed by atoms with E-state index in [1.54, 1.807) is 19.1 Å². The summed E-state index contributed by atoms with van der Waals surface area (Å²) in [4.78, 5) is 13.7. The van der Waals surface area contributed by atoms with E-state index in [9.17, 15) is 9.90 Å². The molecular weight excluding hydrogens is 278 g/mol. The van der Waals surface area contributed by atoms with E-state index in [1.165, 1.54) is 4.90 Å². The van der Waals surface area contributed by atoms with Crippen molar-refractivity contribution in [2.24, 2.45) is 0 Å². The van der Waals surface area contributed by atoms with Crippen molar-refractivity contribution in [1.29, 1.82) is 0 Å². The minimum Gasteiger partial charge on any atom is -0.444 e. The molecule has 5 heteroatoms. The molecule has 1 atom stereocenters. The van der Waals surface area contributed by atoms with Gasteiger partial charge in [-0.05, 0) is 45.4 Å². The third-order valence-electron chi connectivity index (χ3n) is 2.69. The van der Waals surface area contributed by atoms with Gasteiger partial charge in [-0.2, -0.15) is 0 Å². The molecule has 0 aliphatic carbocycles. The van der Waals surface area contributed by atoms with Crippen LogP contribution in [-0.4, -0.2) is 34.3 Å². The summed E-state index contributed by atoms with van der Waals surface area (Å²) in [5.74, 6) is 0. The molecule has 1 rings (SSSR count). The summed E-state index contributed by atoms with van der Waals surface area (Å²) in [5.41, 5.74) is 0.366. The van der Waals surface area contributed by atoms with Gasteiger partial charge in [0.25, 0.3) is 0 Å². The van der Waals surface area contributed by atoms with Crippen LogP contribution in [0.3, 0.4) is 0 Å². The van der Waals surface area contributed by atoms with E-state index in [0.29, 0.717) is 11.6 Å². The van der Waals surface area contributed by atoms with Crippen molar-refractivity contribution >= 4 is 17.7 Å². The molecule has 0 aliphatic heterocycles. The van der Waals surface area contributed by atoms with E-state index in [0.717, 1.165) is 5.56 Å². The zero-order valence-corrected chi connectivity index (χ0v) is 13.1. The van der Waals surface area contributed by atoms with Crippen LogP contribution in [0.2, 0.25) is 5.02 Å². The molecule has 0 unspecified atom stereocenters. The molecule has 112 valence electrons. The lowest BCUT2D eigenvalue weighted by Crippen LogP contribution is -2.43. The van der Waals surface area contributed by atoms with Gasteiger partial charge in [0.2, 0.25) is 0 Å². The van der Waals surface area contributed by atoms with E-state index in [-0.39, 0.29) is 12.6 Å². The zero-order valence-electron chi connectivity index (χ0n) is 12.4. The number of ether oxygens (including phenoxy) is 1. The number of nitrogens with zero attached hydrogens (tertiary/aromatic N) is 1. The predicted molar refractivity (Wildman–Crippen MR) is 79.8 cm³/mol. The van der Waals surface area contributed by atoms with Gasteiger partial charge in [-0.3, -0.25) is 4.90 Å². The largest absolute Gasteiger partial charge is 0.444 e. The second-order valence-corrected chi connectivity index (χ2v) is 6.20. The highest BCUT2D eigenvalue weighted by molar-refractivity contribution is 6.30. The summed E-state index contributed by atoms with van der Waals surface area (Å²) < 4.78 is 5.37. The fourth-order valence-corrected chi connectivity index (χ4v) is 1.73. The summed E-state index contributed by atoms with van der Waals surface area (Å²) in [6.07, 6.45) is -0.436. The first-order chi connectivity index (χ1) is 9.23. The van der Waals surface area contributed by atoms with E-state index < -0.39 is 11.7 Å². The molecule has 0 aliphatic rings. The first kappa shape index (κ1) is 16.8.